The Morgan fingerprint density at radius 3 is 2.86 bits per heavy atom. The van der Waals surface area contributed by atoms with Gasteiger partial charge in [-0.3, -0.25) is 4.79 Å². The Morgan fingerprint density at radius 2 is 2.29 bits per heavy atom. The van der Waals surface area contributed by atoms with Crippen LogP contribution >= 0.6 is 23.1 Å². The number of thioether (sulfide) groups is 1. The van der Waals surface area contributed by atoms with Gasteiger partial charge in [-0.05, 0) is 12.7 Å². The summed E-state index contributed by atoms with van der Waals surface area (Å²) in [6.45, 7) is 4.56. The van der Waals surface area contributed by atoms with Crippen molar-refractivity contribution in [1.82, 2.24) is 4.90 Å². The van der Waals surface area contributed by atoms with Crippen molar-refractivity contribution in [2.45, 2.75) is 24.3 Å². The number of nitrogens with two attached hydrogens (primary N) is 1. The average Bonchev–Trinajstić information content (AvgIpc) is 2.83. The molecule has 118 valence electrons. The Kier molecular flexibility index (Phi) is 5.40. The summed E-state index contributed by atoms with van der Waals surface area (Å²) in [5.41, 5.74) is 6.82. The van der Waals surface area contributed by atoms with E-state index in [-0.39, 0.29) is 12.0 Å². The van der Waals surface area contributed by atoms with Gasteiger partial charge in [0, 0.05) is 27.2 Å². The van der Waals surface area contributed by atoms with E-state index in [0.717, 1.165) is 36.0 Å². The van der Waals surface area contributed by atoms with Crippen LogP contribution in [0, 0.1) is 0 Å². The number of nitrogens with zero attached hydrogens (tertiary/aromatic N) is 2. The monoisotopic (exact) mass is 329 g/mol. The predicted octanol–water partition coefficient (Wildman–Crippen LogP) is 2.37. The van der Waals surface area contributed by atoms with Gasteiger partial charge in [-0.15, -0.1) is 23.1 Å². The molecule has 1 amide bonds. The van der Waals surface area contributed by atoms with Crippen LogP contribution < -0.4 is 10.6 Å². The first-order valence-electron chi connectivity index (χ1n) is 7.04. The number of ether oxygens (including phenoxy) is 1. The zero-order valence-corrected chi connectivity index (χ0v) is 14.6. The Bertz CT molecular complexity index is 517. The van der Waals surface area contributed by atoms with Crippen molar-refractivity contribution in [3.05, 3.63) is 4.88 Å². The van der Waals surface area contributed by atoms with Crippen LogP contribution in [0.3, 0.4) is 0 Å². The second kappa shape index (κ2) is 6.89. The molecule has 1 atom stereocenters. The molecule has 0 saturated carbocycles. The molecule has 5 nitrogen and oxygen atoms in total. The number of hydrogen-bond acceptors (Lipinski definition) is 6. The van der Waals surface area contributed by atoms with Crippen LogP contribution in [0.1, 0.15) is 23.0 Å². The van der Waals surface area contributed by atoms with Gasteiger partial charge < -0.3 is 20.3 Å². The van der Waals surface area contributed by atoms with Crippen molar-refractivity contribution < 1.29 is 9.53 Å². The molecule has 1 aromatic rings. The van der Waals surface area contributed by atoms with Crippen molar-refractivity contribution >= 4 is 39.7 Å². The molecule has 0 spiro atoms. The van der Waals surface area contributed by atoms with Gasteiger partial charge in [0.1, 0.15) is 9.88 Å². The third-order valence-electron chi connectivity index (χ3n) is 3.57. The lowest BCUT2D eigenvalue weighted by Crippen LogP contribution is -2.42. The van der Waals surface area contributed by atoms with Gasteiger partial charge in [-0.25, -0.2) is 0 Å². The van der Waals surface area contributed by atoms with Crippen LogP contribution in [0.25, 0.3) is 0 Å². The summed E-state index contributed by atoms with van der Waals surface area (Å²) >= 11 is 3.11. The average molecular weight is 329 g/mol. The molecule has 2 heterocycles. The lowest BCUT2D eigenvalue weighted by Gasteiger charge is -2.33. The van der Waals surface area contributed by atoms with Gasteiger partial charge in [-0.2, -0.15) is 0 Å². The smallest absolute Gasteiger partial charge is 0.265 e. The molecule has 1 fully saturated rings. The number of carbonyl (C=O) groups excluding carboxylic acids is 1. The van der Waals surface area contributed by atoms with Crippen LogP contribution in [0.4, 0.5) is 10.7 Å². The predicted molar refractivity (Wildman–Crippen MR) is 90.8 cm³/mol. The minimum Gasteiger partial charge on any atom is -0.396 e. The molecule has 2 rings (SSSR count). The zero-order chi connectivity index (χ0) is 15.6. The number of amides is 1. The number of rotatable bonds is 4. The highest BCUT2D eigenvalue weighted by molar-refractivity contribution is 7.99. The number of carbonyl (C=O) groups is 1. The molecule has 7 heteroatoms. The van der Waals surface area contributed by atoms with E-state index in [9.17, 15) is 4.79 Å². The number of nitrogen functional groups attached to an aromatic ring is 1. The molecule has 2 N–H and O–H groups in total. The van der Waals surface area contributed by atoms with Crippen LogP contribution in [0.15, 0.2) is 4.90 Å². The van der Waals surface area contributed by atoms with E-state index in [1.54, 1.807) is 30.8 Å². The van der Waals surface area contributed by atoms with E-state index in [0.29, 0.717) is 10.6 Å². The fourth-order valence-electron chi connectivity index (χ4n) is 2.33. The summed E-state index contributed by atoms with van der Waals surface area (Å²) in [5.74, 6) is -0.0284. The lowest BCUT2D eigenvalue weighted by atomic mass is 10.2. The highest BCUT2D eigenvalue weighted by Crippen LogP contribution is 2.44. The molecule has 0 radical (unpaired) electrons. The Hall–Kier alpha value is -0.920. The first-order valence-corrected chi connectivity index (χ1v) is 9.08. The van der Waals surface area contributed by atoms with E-state index in [4.69, 9.17) is 10.5 Å². The molecule has 1 aliphatic heterocycles. The van der Waals surface area contributed by atoms with Crippen molar-refractivity contribution in [3.8, 4) is 0 Å². The fraction of sp³-hybridized carbons (Fsp3) is 0.643. The van der Waals surface area contributed by atoms with Crippen LogP contribution in [-0.2, 0) is 4.74 Å². The Labute approximate surface area is 134 Å². The van der Waals surface area contributed by atoms with Gasteiger partial charge in [-0.1, -0.05) is 6.92 Å². The second-order valence-electron chi connectivity index (χ2n) is 5.23. The van der Waals surface area contributed by atoms with E-state index in [2.05, 4.69) is 11.8 Å². The molecular formula is C14H23N3O2S2. The second-order valence-corrected chi connectivity index (χ2v) is 7.05. The van der Waals surface area contributed by atoms with Crippen molar-refractivity contribution in [2.24, 2.45) is 0 Å². The third kappa shape index (κ3) is 3.30. The van der Waals surface area contributed by atoms with E-state index >= 15 is 0 Å². The standard InChI is InChI=1S/C14H23N3O2S2/c1-5-9-8-17(6-7-19-9)14-12(20-4)10(15)11(21-14)13(18)16(2)3/h9H,5-8,15H2,1-4H3. The third-order valence-corrected chi connectivity index (χ3v) is 5.77. The number of thiophene rings is 1. The van der Waals surface area contributed by atoms with Gasteiger partial charge >= 0.3 is 0 Å². The van der Waals surface area contributed by atoms with Gasteiger partial charge in [0.2, 0.25) is 0 Å². The highest BCUT2D eigenvalue weighted by Gasteiger charge is 2.27. The highest BCUT2D eigenvalue weighted by atomic mass is 32.2. The normalized spacial score (nSPS) is 18.9. The number of anilines is 2. The molecule has 1 saturated heterocycles. The maximum Gasteiger partial charge on any atom is 0.265 e. The minimum absolute atomic E-state index is 0.0284. The van der Waals surface area contributed by atoms with Gasteiger partial charge in [0.25, 0.3) is 5.91 Å². The van der Waals surface area contributed by atoms with Gasteiger partial charge in [0.15, 0.2) is 0 Å². The van der Waals surface area contributed by atoms with Crippen LogP contribution in [0.5, 0.6) is 0 Å². The maximum absolute atomic E-state index is 12.3. The summed E-state index contributed by atoms with van der Waals surface area (Å²) in [5, 5.41) is 1.10. The van der Waals surface area contributed by atoms with Crippen LogP contribution in [-0.4, -0.2) is 57.0 Å². The van der Waals surface area contributed by atoms with Crippen molar-refractivity contribution in [1.29, 1.82) is 0 Å². The number of morpholine rings is 1. The molecular weight excluding hydrogens is 306 g/mol. The quantitative estimate of drug-likeness (QED) is 0.860. The summed E-state index contributed by atoms with van der Waals surface area (Å²) in [7, 11) is 3.50. The lowest BCUT2D eigenvalue weighted by molar-refractivity contribution is 0.0385. The summed E-state index contributed by atoms with van der Waals surface area (Å²) in [4.78, 5) is 17.8. The van der Waals surface area contributed by atoms with E-state index in [1.165, 1.54) is 11.3 Å². The maximum atomic E-state index is 12.3. The summed E-state index contributed by atoms with van der Waals surface area (Å²) < 4.78 is 5.72. The van der Waals surface area contributed by atoms with Crippen molar-refractivity contribution in [2.75, 3.05) is 50.7 Å². The topological polar surface area (TPSA) is 58.8 Å². The number of hydrogen-bond donors (Lipinski definition) is 1. The Morgan fingerprint density at radius 1 is 1.57 bits per heavy atom. The first kappa shape index (κ1) is 16.5. The largest absolute Gasteiger partial charge is 0.396 e. The Balaban J connectivity index is 2.35. The molecule has 1 aromatic heterocycles. The zero-order valence-electron chi connectivity index (χ0n) is 13.0. The molecule has 0 aromatic carbocycles. The molecule has 1 aliphatic rings. The van der Waals surface area contributed by atoms with Gasteiger partial charge in [0.05, 0.1) is 23.3 Å². The summed E-state index contributed by atoms with van der Waals surface area (Å²) in [6.07, 6.45) is 3.25. The van der Waals surface area contributed by atoms with Crippen molar-refractivity contribution in [3.63, 3.8) is 0 Å². The van der Waals surface area contributed by atoms with E-state index in [1.807, 2.05) is 6.26 Å². The molecule has 0 aliphatic carbocycles. The molecule has 1 unspecified atom stereocenters. The SMILES string of the molecule is CCC1CN(c2sc(C(=O)N(C)C)c(N)c2SC)CCO1. The minimum atomic E-state index is -0.0284. The molecule has 21 heavy (non-hydrogen) atoms. The molecule has 0 bridgehead atoms. The summed E-state index contributed by atoms with van der Waals surface area (Å²) in [6, 6.07) is 0. The fourth-order valence-corrected chi connectivity index (χ4v) is 4.57. The first-order chi connectivity index (χ1) is 9.99. The van der Waals surface area contributed by atoms with Crippen LogP contribution in [0.2, 0.25) is 0 Å². The van der Waals surface area contributed by atoms with E-state index < -0.39 is 0 Å².